The van der Waals surface area contributed by atoms with Gasteiger partial charge in [-0.2, -0.15) is 13.2 Å². The van der Waals surface area contributed by atoms with Gasteiger partial charge in [-0.05, 0) is 31.5 Å². The summed E-state index contributed by atoms with van der Waals surface area (Å²) in [6.07, 6.45) is -4.32. The van der Waals surface area contributed by atoms with Gasteiger partial charge in [-0.3, -0.25) is 0 Å². The summed E-state index contributed by atoms with van der Waals surface area (Å²) in [5.41, 5.74) is 0.705. The number of benzene rings is 1. The van der Waals surface area contributed by atoms with Crippen molar-refractivity contribution < 1.29 is 13.2 Å². The van der Waals surface area contributed by atoms with Crippen LogP contribution in [0.5, 0.6) is 0 Å². The van der Waals surface area contributed by atoms with Gasteiger partial charge >= 0.3 is 6.18 Å². The zero-order valence-corrected chi connectivity index (χ0v) is 10.2. The van der Waals surface area contributed by atoms with Gasteiger partial charge in [-0.25, -0.2) is 0 Å². The number of alkyl halides is 3. The first-order chi connectivity index (χ1) is 7.86. The van der Waals surface area contributed by atoms with Crippen LogP contribution in [-0.2, 0) is 12.7 Å². The molecule has 0 amide bonds. The van der Waals surface area contributed by atoms with Gasteiger partial charge in [-0.1, -0.05) is 17.7 Å². The number of rotatable bonds is 1. The first-order valence-electron chi connectivity index (χ1n) is 5.21. The Kier molecular flexibility index (Phi) is 2.86. The maximum absolute atomic E-state index is 12.6. The third-order valence-electron chi connectivity index (χ3n) is 2.88. The van der Waals surface area contributed by atoms with Gasteiger partial charge in [0.05, 0.1) is 11.1 Å². The lowest BCUT2D eigenvalue weighted by Gasteiger charge is -2.08. The number of aryl methyl sites for hydroxylation is 2. The smallest absolute Gasteiger partial charge is 0.332 e. The van der Waals surface area contributed by atoms with Crippen molar-refractivity contribution in [3.05, 3.63) is 34.5 Å². The Balaban J connectivity index is 2.77. The van der Waals surface area contributed by atoms with E-state index in [1.807, 2.05) is 13.8 Å². The van der Waals surface area contributed by atoms with Crippen molar-refractivity contribution in [2.24, 2.45) is 0 Å². The largest absolute Gasteiger partial charge is 0.416 e. The summed E-state index contributed by atoms with van der Waals surface area (Å²) >= 11 is 6.09. The molecule has 0 aliphatic rings. The average molecular weight is 262 g/mol. The van der Waals surface area contributed by atoms with Crippen LogP contribution >= 0.6 is 11.6 Å². The third-order valence-corrected chi connectivity index (χ3v) is 3.37. The van der Waals surface area contributed by atoms with Gasteiger partial charge in [0.15, 0.2) is 0 Å². The number of fused-ring (bicyclic) bond motifs is 1. The molecule has 17 heavy (non-hydrogen) atoms. The van der Waals surface area contributed by atoms with Gasteiger partial charge in [0, 0.05) is 11.9 Å². The highest BCUT2D eigenvalue weighted by molar-refractivity contribution is 6.32. The molecule has 0 unspecified atom stereocenters. The molecule has 1 aromatic carbocycles. The summed E-state index contributed by atoms with van der Waals surface area (Å²) in [5, 5.41) is 1.27. The van der Waals surface area contributed by atoms with Crippen LogP contribution in [0.4, 0.5) is 13.2 Å². The highest BCUT2D eigenvalue weighted by Gasteiger charge is 2.31. The highest BCUT2D eigenvalue weighted by atomic mass is 35.5. The topological polar surface area (TPSA) is 4.93 Å². The van der Waals surface area contributed by atoms with E-state index in [1.54, 1.807) is 4.57 Å². The molecule has 2 aromatic rings. The van der Waals surface area contributed by atoms with Crippen molar-refractivity contribution in [1.29, 1.82) is 0 Å². The first kappa shape index (κ1) is 12.3. The molecule has 0 saturated carbocycles. The standard InChI is InChI=1S/C12H11ClF3N/c1-3-17-10-6-8(12(14,15)16)4-5-9(10)7(2)11(17)13/h4-6H,3H2,1-2H3. The van der Waals surface area contributed by atoms with Crippen LogP contribution in [0.3, 0.4) is 0 Å². The average Bonchev–Trinajstić information content (AvgIpc) is 2.50. The Morgan fingerprint density at radius 3 is 2.47 bits per heavy atom. The number of aromatic nitrogens is 1. The van der Waals surface area contributed by atoms with Crippen molar-refractivity contribution in [1.82, 2.24) is 4.57 Å². The van der Waals surface area contributed by atoms with E-state index < -0.39 is 11.7 Å². The molecule has 2 rings (SSSR count). The zero-order valence-electron chi connectivity index (χ0n) is 9.40. The lowest BCUT2D eigenvalue weighted by atomic mass is 10.1. The van der Waals surface area contributed by atoms with Crippen LogP contribution in [0.15, 0.2) is 18.2 Å². The summed E-state index contributed by atoms with van der Waals surface area (Å²) < 4.78 is 39.5. The molecule has 0 fully saturated rings. The van der Waals surface area contributed by atoms with Gasteiger partial charge in [0.1, 0.15) is 5.15 Å². The third kappa shape index (κ3) is 1.90. The van der Waals surface area contributed by atoms with E-state index in [4.69, 9.17) is 11.6 Å². The lowest BCUT2D eigenvalue weighted by molar-refractivity contribution is -0.137. The van der Waals surface area contributed by atoms with E-state index >= 15 is 0 Å². The van der Waals surface area contributed by atoms with Gasteiger partial charge in [-0.15, -0.1) is 0 Å². The Morgan fingerprint density at radius 1 is 1.29 bits per heavy atom. The van der Waals surface area contributed by atoms with E-state index in [0.717, 1.165) is 23.1 Å². The van der Waals surface area contributed by atoms with Crippen molar-refractivity contribution in [2.45, 2.75) is 26.6 Å². The molecule has 0 bridgehead atoms. The Labute approximate surface area is 102 Å². The molecule has 1 aromatic heterocycles. The lowest BCUT2D eigenvalue weighted by Crippen LogP contribution is -2.05. The SMILES string of the molecule is CCn1c(Cl)c(C)c2ccc(C(F)(F)F)cc21. The molecule has 1 nitrogen and oxygen atoms in total. The minimum absolute atomic E-state index is 0.502. The predicted octanol–water partition coefficient (Wildman–Crippen LogP) is 4.64. The summed E-state index contributed by atoms with van der Waals surface area (Å²) in [4.78, 5) is 0. The molecule has 1 heterocycles. The molecule has 92 valence electrons. The number of halogens is 4. The molecule has 5 heteroatoms. The second-order valence-corrected chi connectivity index (χ2v) is 4.25. The fourth-order valence-electron chi connectivity index (χ4n) is 1.98. The van der Waals surface area contributed by atoms with Crippen LogP contribution in [0.1, 0.15) is 18.1 Å². The molecule has 0 atom stereocenters. The minimum atomic E-state index is -4.32. The number of nitrogens with zero attached hydrogens (tertiary/aromatic N) is 1. The summed E-state index contributed by atoms with van der Waals surface area (Å²) in [6.45, 7) is 4.21. The fourth-order valence-corrected chi connectivity index (χ4v) is 2.29. The summed E-state index contributed by atoms with van der Waals surface area (Å²) in [6, 6.07) is 3.72. The van der Waals surface area contributed by atoms with Crippen molar-refractivity contribution in [3.63, 3.8) is 0 Å². The number of hydrogen-bond donors (Lipinski definition) is 0. The van der Waals surface area contributed by atoms with Crippen molar-refractivity contribution in [2.75, 3.05) is 0 Å². The van der Waals surface area contributed by atoms with Crippen LogP contribution in [-0.4, -0.2) is 4.57 Å². The van der Waals surface area contributed by atoms with E-state index in [-0.39, 0.29) is 0 Å². The molecular weight excluding hydrogens is 251 g/mol. The minimum Gasteiger partial charge on any atom is -0.332 e. The highest BCUT2D eigenvalue weighted by Crippen LogP contribution is 2.35. The van der Waals surface area contributed by atoms with E-state index in [0.29, 0.717) is 17.2 Å². The maximum Gasteiger partial charge on any atom is 0.416 e. The monoisotopic (exact) mass is 261 g/mol. The van der Waals surface area contributed by atoms with Gasteiger partial charge in [0.25, 0.3) is 0 Å². The first-order valence-corrected chi connectivity index (χ1v) is 5.59. The number of hydrogen-bond acceptors (Lipinski definition) is 0. The normalized spacial score (nSPS) is 12.4. The fraction of sp³-hybridized carbons (Fsp3) is 0.333. The molecule has 0 spiro atoms. The van der Waals surface area contributed by atoms with E-state index in [9.17, 15) is 13.2 Å². The second kappa shape index (κ2) is 3.95. The van der Waals surface area contributed by atoms with Crippen molar-refractivity contribution in [3.8, 4) is 0 Å². The molecule has 0 saturated heterocycles. The van der Waals surface area contributed by atoms with Crippen LogP contribution in [0.25, 0.3) is 10.9 Å². The predicted molar refractivity (Wildman–Crippen MR) is 62.4 cm³/mol. The Bertz CT molecular complexity index is 569. The Hall–Kier alpha value is -1.16. The van der Waals surface area contributed by atoms with Crippen LogP contribution in [0.2, 0.25) is 5.15 Å². The molecule has 0 N–H and O–H groups in total. The molecule has 0 aliphatic heterocycles. The quantitative estimate of drug-likeness (QED) is 0.705. The van der Waals surface area contributed by atoms with Gasteiger partial charge < -0.3 is 4.57 Å². The molecular formula is C12H11ClF3N. The van der Waals surface area contributed by atoms with Crippen LogP contribution < -0.4 is 0 Å². The van der Waals surface area contributed by atoms with E-state index in [2.05, 4.69) is 0 Å². The van der Waals surface area contributed by atoms with Crippen LogP contribution in [0, 0.1) is 6.92 Å². The van der Waals surface area contributed by atoms with Gasteiger partial charge in [0.2, 0.25) is 0 Å². The zero-order chi connectivity index (χ0) is 12.8. The summed E-state index contributed by atoms with van der Waals surface area (Å²) in [5.74, 6) is 0. The van der Waals surface area contributed by atoms with Crippen molar-refractivity contribution >= 4 is 22.5 Å². The maximum atomic E-state index is 12.6. The molecule has 0 radical (unpaired) electrons. The molecule has 0 aliphatic carbocycles. The van der Waals surface area contributed by atoms with E-state index in [1.165, 1.54) is 6.07 Å². The Morgan fingerprint density at radius 2 is 1.94 bits per heavy atom. The summed E-state index contributed by atoms with van der Waals surface area (Å²) in [7, 11) is 0. The second-order valence-electron chi connectivity index (χ2n) is 3.89.